The van der Waals surface area contributed by atoms with Gasteiger partial charge in [-0.15, -0.1) is 0 Å². The maximum atomic E-state index is 14.0. The van der Waals surface area contributed by atoms with E-state index in [9.17, 15) is 60.2 Å². The number of ether oxygens (including phenoxy) is 3. The highest BCUT2D eigenvalue weighted by molar-refractivity contribution is 6.00. The molecule has 70 heavy (non-hydrogen) atoms. The number of carbonyl (C=O) groups excluding carboxylic acids is 4. The van der Waals surface area contributed by atoms with Crippen LogP contribution < -0.4 is 36.2 Å². The zero-order valence-electron chi connectivity index (χ0n) is 38.3. The standard InChI is InChI=1S/C25H29F3N4O5.C21H21F3N4O5/c1-3-4-9-37-23-21-25(35)30-7-5-16(36-2)6-8-31(14-30)32(21)13-18(22(23)33)24(34)29-12-17-19(27)10-15(26)11-20(17)28;1-33-12-2-4-26-10-27(5-3-12)28-9-14(18(29)19(30)17(28)21(26)32)20(31)25-8-13-15(23)6-11(22)7-16(13)24/h10-11,13,16H,3-9,12,14H2,1-2H3,(H,29,34);6-7,9,12,30H,2-5,8,10H2,1H3,(H,25,31). The molecule has 0 saturated carbocycles. The monoisotopic (exact) mass is 988 g/mol. The van der Waals surface area contributed by atoms with Crippen molar-refractivity contribution in [2.45, 2.75) is 70.7 Å². The van der Waals surface area contributed by atoms with Gasteiger partial charge in [-0.2, -0.15) is 0 Å². The van der Waals surface area contributed by atoms with Crippen LogP contribution in [-0.4, -0.2) is 120 Å². The van der Waals surface area contributed by atoms with E-state index in [0.29, 0.717) is 82.5 Å². The number of halogens is 6. The van der Waals surface area contributed by atoms with E-state index in [0.717, 1.165) is 12.6 Å². The Bertz CT molecular complexity index is 2760. The van der Waals surface area contributed by atoms with Gasteiger partial charge in [0.05, 0.1) is 18.8 Å². The molecule has 4 aliphatic heterocycles. The number of nitrogens with one attached hydrogen (secondary N) is 2. The van der Waals surface area contributed by atoms with Gasteiger partial charge in [0.1, 0.15) is 59.4 Å². The maximum Gasteiger partial charge on any atom is 0.277 e. The Balaban J connectivity index is 0.000000208. The van der Waals surface area contributed by atoms with Crippen LogP contribution in [0.2, 0.25) is 0 Å². The molecule has 4 aromatic rings. The fourth-order valence-corrected chi connectivity index (χ4v) is 8.40. The molecular weight excluding hydrogens is 939 g/mol. The third kappa shape index (κ3) is 10.6. The Morgan fingerprint density at radius 1 is 0.643 bits per heavy atom. The fraction of sp³-hybridized carbons (Fsp3) is 0.435. The molecule has 0 spiro atoms. The predicted octanol–water partition coefficient (Wildman–Crippen LogP) is 3.60. The number of amides is 4. The van der Waals surface area contributed by atoms with E-state index >= 15 is 0 Å². The number of hydrogen-bond donors (Lipinski definition) is 3. The fourth-order valence-electron chi connectivity index (χ4n) is 8.40. The van der Waals surface area contributed by atoms with Crippen LogP contribution in [0.4, 0.5) is 26.3 Å². The summed E-state index contributed by atoms with van der Waals surface area (Å²) in [4.78, 5) is 81.1. The van der Waals surface area contributed by atoms with Gasteiger partial charge in [0.2, 0.25) is 10.9 Å². The number of carbonyl (C=O) groups is 4. The Kier molecular flexibility index (Phi) is 15.7. The first-order valence-electron chi connectivity index (χ1n) is 22.3. The van der Waals surface area contributed by atoms with Crippen molar-refractivity contribution in [2.75, 3.05) is 70.4 Å². The van der Waals surface area contributed by atoms with Crippen LogP contribution in [0.1, 0.15) is 98.3 Å². The number of methoxy groups -OCH3 is 2. The molecule has 2 aromatic carbocycles. The minimum Gasteiger partial charge on any atom is -0.502 e. The topological polar surface area (TPSA) is 197 Å². The summed E-state index contributed by atoms with van der Waals surface area (Å²) in [6, 6.07) is 1.95. The molecule has 3 N–H and O–H groups in total. The lowest BCUT2D eigenvalue weighted by Gasteiger charge is -2.42. The normalized spacial score (nSPS) is 17.6. The number of unbranched alkanes of at least 4 members (excludes halogenated alkanes) is 1. The second kappa shape index (κ2) is 21.7. The number of aromatic hydroxyl groups is 1. The van der Waals surface area contributed by atoms with E-state index in [-0.39, 0.29) is 54.9 Å². The number of rotatable bonds is 12. The van der Waals surface area contributed by atoms with E-state index in [2.05, 4.69) is 10.6 Å². The molecule has 2 fully saturated rings. The Morgan fingerprint density at radius 3 is 1.50 bits per heavy atom. The third-order valence-corrected chi connectivity index (χ3v) is 12.4. The van der Waals surface area contributed by atoms with Gasteiger partial charge in [-0.05, 0) is 32.1 Å². The van der Waals surface area contributed by atoms with Crippen molar-refractivity contribution in [1.82, 2.24) is 29.8 Å². The first kappa shape index (κ1) is 50.8. The molecular formula is C46H50F6N8O10. The van der Waals surface area contributed by atoms with E-state index in [1.165, 1.54) is 20.4 Å². The number of pyridine rings is 2. The average Bonchev–Trinajstić information content (AvgIpc) is 3.29. The molecule has 2 saturated heterocycles. The molecule has 8 rings (SSSR count). The van der Waals surface area contributed by atoms with Crippen LogP contribution >= 0.6 is 0 Å². The van der Waals surface area contributed by atoms with Crippen LogP contribution in [0.3, 0.4) is 0 Å². The van der Waals surface area contributed by atoms with Gasteiger partial charge in [-0.25, -0.2) is 26.3 Å². The van der Waals surface area contributed by atoms with Crippen LogP contribution in [0, 0.1) is 34.9 Å². The largest absolute Gasteiger partial charge is 0.502 e. The van der Waals surface area contributed by atoms with Crippen molar-refractivity contribution in [1.29, 1.82) is 0 Å². The van der Waals surface area contributed by atoms with Crippen molar-refractivity contribution in [3.05, 3.63) is 126 Å². The lowest BCUT2D eigenvalue weighted by atomic mass is 10.1. The zero-order valence-corrected chi connectivity index (χ0v) is 38.3. The van der Waals surface area contributed by atoms with Crippen LogP contribution in [0.5, 0.6) is 11.5 Å². The van der Waals surface area contributed by atoms with Crippen LogP contribution in [-0.2, 0) is 22.6 Å². The molecule has 2 atom stereocenters. The SMILES string of the molecule is CCCCOc1c2n(cc(C(=O)NCc3c(F)cc(F)cc3F)c1=O)N1CCC(OC)CCN(C1)C2=O.COC1CCN2CN(CC1)n1cc(C(=O)NCc3c(F)cc(F)cc3F)c(=O)c(O)c1C2=O. The molecule has 2 unspecified atom stereocenters. The molecule has 18 nitrogen and oxygen atoms in total. The summed E-state index contributed by atoms with van der Waals surface area (Å²) in [5, 5.41) is 18.5. The lowest BCUT2D eigenvalue weighted by molar-refractivity contribution is 0.0467. The molecule has 0 radical (unpaired) electrons. The number of fused-ring (bicyclic) bond motifs is 8. The minimum atomic E-state index is -1.20. The molecule has 4 bridgehead atoms. The maximum absolute atomic E-state index is 14.0. The Hall–Kier alpha value is -7.08. The Labute approximate surface area is 395 Å². The van der Waals surface area contributed by atoms with Gasteiger partial charge < -0.3 is 39.8 Å². The van der Waals surface area contributed by atoms with E-state index in [1.807, 2.05) is 11.9 Å². The summed E-state index contributed by atoms with van der Waals surface area (Å²) >= 11 is 0. The van der Waals surface area contributed by atoms with E-state index in [1.54, 1.807) is 24.1 Å². The van der Waals surface area contributed by atoms with Crippen molar-refractivity contribution < 1.29 is 64.8 Å². The van der Waals surface area contributed by atoms with Gasteiger partial charge in [0.15, 0.2) is 22.9 Å². The molecule has 0 aliphatic carbocycles. The second-order valence-corrected chi connectivity index (χ2v) is 16.8. The molecule has 6 heterocycles. The molecule has 4 aliphatic rings. The lowest BCUT2D eigenvalue weighted by Crippen LogP contribution is -2.57. The van der Waals surface area contributed by atoms with Crippen molar-refractivity contribution >= 4 is 23.6 Å². The number of benzene rings is 2. The summed E-state index contributed by atoms with van der Waals surface area (Å²) in [5.41, 5.74) is -4.16. The van der Waals surface area contributed by atoms with Gasteiger partial charge in [-0.1, -0.05) is 13.3 Å². The van der Waals surface area contributed by atoms with E-state index < -0.39 is 105 Å². The number of aromatic nitrogens is 2. The average molecular weight is 989 g/mol. The first-order chi connectivity index (χ1) is 33.4. The highest BCUT2D eigenvalue weighted by Gasteiger charge is 2.38. The summed E-state index contributed by atoms with van der Waals surface area (Å²) in [6.07, 6.45) is 6.10. The predicted molar refractivity (Wildman–Crippen MR) is 236 cm³/mol. The van der Waals surface area contributed by atoms with Crippen LogP contribution in [0.25, 0.3) is 0 Å². The van der Waals surface area contributed by atoms with Crippen LogP contribution in [0.15, 0.2) is 46.2 Å². The number of hydrogen-bond acceptors (Lipinski definition) is 12. The quantitative estimate of drug-likeness (QED) is 0.138. The van der Waals surface area contributed by atoms with E-state index in [4.69, 9.17) is 14.2 Å². The molecule has 376 valence electrons. The minimum absolute atomic E-state index is 0.0235. The van der Waals surface area contributed by atoms with Crippen molar-refractivity contribution in [3.63, 3.8) is 0 Å². The smallest absolute Gasteiger partial charge is 0.277 e. The molecule has 4 amide bonds. The highest BCUT2D eigenvalue weighted by atomic mass is 19.2. The second-order valence-electron chi connectivity index (χ2n) is 16.8. The highest BCUT2D eigenvalue weighted by Crippen LogP contribution is 2.27. The summed E-state index contributed by atoms with van der Waals surface area (Å²) in [6.45, 7) is 2.91. The summed E-state index contributed by atoms with van der Waals surface area (Å²) in [7, 11) is 3.18. The first-order valence-corrected chi connectivity index (χ1v) is 22.3. The Morgan fingerprint density at radius 2 is 1.06 bits per heavy atom. The zero-order chi connectivity index (χ0) is 50.6. The molecule has 2 aromatic heterocycles. The summed E-state index contributed by atoms with van der Waals surface area (Å²) in [5.74, 6) is -11.0. The van der Waals surface area contributed by atoms with Crippen molar-refractivity contribution in [3.8, 4) is 11.5 Å². The third-order valence-electron chi connectivity index (χ3n) is 12.4. The van der Waals surface area contributed by atoms with Gasteiger partial charge in [0, 0.05) is 101 Å². The molecule has 24 heteroatoms. The van der Waals surface area contributed by atoms with Crippen molar-refractivity contribution in [2.24, 2.45) is 0 Å². The summed E-state index contributed by atoms with van der Waals surface area (Å²) < 4.78 is 101. The van der Waals surface area contributed by atoms with Gasteiger partial charge >= 0.3 is 0 Å². The van der Waals surface area contributed by atoms with Gasteiger partial charge in [-0.3, -0.25) is 48.1 Å². The number of nitrogens with zero attached hydrogens (tertiary/aromatic N) is 6. The van der Waals surface area contributed by atoms with Gasteiger partial charge in [0.25, 0.3) is 23.6 Å².